The fourth-order valence-electron chi connectivity index (χ4n) is 1.78. The van der Waals surface area contributed by atoms with E-state index in [4.69, 9.17) is 5.73 Å². The molecule has 5 nitrogen and oxygen atoms in total. The zero-order valence-corrected chi connectivity index (χ0v) is 11.0. The first-order chi connectivity index (χ1) is 9.86. The number of esters is 1. The van der Waals surface area contributed by atoms with Crippen LogP contribution < -0.4 is 5.73 Å². The number of hydrogen-bond donors (Lipinski definition) is 1. The van der Waals surface area contributed by atoms with Crippen molar-refractivity contribution < 1.29 is 22.7 Å². The number of aromatic nitrogens is 2. The van der Waals surface area contributed by atoms with Crippen LogP contribution in [0.25, 0.3) is 5.69 Å². The zero-order valence-electron chi connectivity index (χ0n) is 11.0. The van der Waals surface area contributed by atoms with E-state index in [9.17, 15) is 18.0 Å². The maximum absolute atomic E-state index is 12.8. The number of carbonyl (C=O) groups is 1. The van der Waals surface area contributed by atoms with Gasteiger partial charge in [0.05, 0.1) is 12.8 Å². The summed E-state index contributed by atoms with van der Waals surface area (Å²) in [5.41, 5.74) is 5.02. The van der Waals surface area contributed by atoms with Gasteiger partial charge in [-0.1, -0.05) is 12.1 Å². The van der Waals surface area contributed by atoms with Crippen LogP contribution >= 0.6 is 0 Å². The molecule has 0 saturated carbocycles. The van der Waals surface area contributed by atoms with Gasteiger partial charge >= 0.3 is 12.1 Å². The lowest BCUT2D eigenvalue weighted by molar-refractivity contribution is -0.141. The zero-order chi connectivity index (χ0) is 15.6. The number of halogens is 3. The molecule has 21 heavy (non-hydrogen) atoms. The van der Waals surface area contributed by atoms with Gasteiger partial charge in [0.2, 0.25) is 0 Å². The summed E-state index contributed by atoms with van der Waals surface area (Å²) in [7, 11) is 1.09. The molecule has 0 spiro atoms. The van der Waals surface area contributed by atoms with Crippen molar-refractivity contribution in [2.45, 2.75) is 12.7 Å². The Balaban J connectivity index is 2.60. The first-order valence-corrected chi connectivity index (χ1v) is 5.91. The quantitative estimate of drug-likeness (QED) is 0.882. The fourth-order valence-corrected chi connectivity index (χ4v) is 1.78. The molecule has 0 saturated heterocycles. The van der Waals surface area contributed by atoms with E-state index in [0.29, 0.717) is 17.3 Å². The minimum absolute atomic E-state index is 0.217. The van der Waals surface area contributed by atoms with Gasteiger partial charge in [-0.25, -0.2) is 9.48 Å². The molecule has 2 aromatic rings. The summed E-state index contributed by atoms with van der Waals surface area (Å²) in [5.74, 6) is -0.906. The molecule has 0 aliphatic heterocycles. The van der Waals surface area contributed by atoms with Gasteiger partial charge in [-0.3, -0.25) is 0 Å². The van der Waals surface area contributed by atoms with Crippen LogP contribution in [0, 0.1) is 0 Å². The van der Waals surface area contributed by atoms with Crippen LogP contribution in [0.4, 0.5) is 13.2 Å². The molecule has 8 heteroatoms. The predicted molar refractivity (Wildman–Crippen MR) is 67.8 cm³/mol. The highest BCUT2D eigenvalue weighted by molar-refractivity contribution is 5.88. The third-order valence-electron chi connectivity index (χ3n) is 2.79. The molecule has 0 aliphatic rings. The number of nitrogens with two attached hydrogens (primary N) is 1. The monoisotopic (exact) mass is 299 g/mol. The van der Waals surface area contributed by atoms with Gasteiger partial charge in [0.1, 0.15) is 0 Å². The van der Waals surface area contributed by atoms with E-state index in [1.165, 1.54) is 6.07 Å². The molecular weight excluding hydrogens is 287 g/mol. The van der Waals surface area contributed by atoms with Crippen LogP contribution in [-0.2, 0) is 17.5 Å². The number of hydrogen-bond acceptors (Lipinski definition) is 4. The topological polar surface area (TPSA) is 70.1 Å². The molecule has 0 bridgehead atoms. The Kier molecular flexibility index (Phi) is 3.99. The van der Waals surface area contributed by atoms with Crippen molar-refractivity contribution in [3.8, 4) is 5.69 Å². The molecule has 0 fully saturated rings. The van der Waals surface area contributed by atoms with Crippen molar-refractivity contribution in [1.82, 2.24) is 9.78 Å². The average Bonchev–Trinajstić information content (AvgIpc) is 2.91. The lowest BCUT2D eigenvalue weighted by atomic mass is 10.2. The first-order valence-electron chi connectivity index (χ1n) is 5.91. The highest BCUT2D eigenvalue weighted by Gasteiger charge is 2.36. The summed E-state index contributed by atoms with van der Waals surface area (Å²) < 4.78 is 43.7. The van der Waals surface area contributed by atoms with Gasteiger partial charge in [-0.05, 0) is 17.7 Å². The summed E-state index contributed by atoms with van der Waals surface area (Å²) in [6, 6.07) is 7.07. The number of benzene rings is 1. The summed E-state index contributed by atoms with van der Waals surface area (Å²) >= 11 is 0. The Labute approximate surface area is 118 Å². The molecule has 1 heterocycles. The number of carbonyl (C=O) groups excluding carboxylic acids is 1. The second-order valence-corrected chi connectivity index (χ2v) is 4.19. The summed E-state index contributed by atoms with van der Waals surface area (Å²) in [5, 5.41) is 3.45. The van der Waals surface area contributed by atoms with Gasteiger partial charge in [0.25, 0.3) is 0 Å². The van der Waals surface area contributed by atoms with E-state index < -0.39 is 17.8 Å². The maximum atomic E-state index is 12.8. The Morgan fingerprint density at radius 3 is 2.67 bits per heavy atom. The van der Waals surface area contributed by atoms with Gasteiger partial charge in [-0.2, -0.15) is 18.3 Å². The van der Waals surface area contributed by atoms with Crippen molar-refractivity contribution in [1.29, 1.82) is 0 Å². The summed E-state index contributed by atoms with van der Waals surface area (Å²) in [4.78, 5) is 11.6. The van der Waals surface area contributed by atoms with Crippen LogP contribution in [0.2, 0.25) is 0 Å². The van der Waals surface area contributed by atoms with E-state index in [1.54, 1.807) is 18.2 Å². The minimum atomic E-state index is -4.65. The van der Waals surface area contributed by atoms with Crippen molar-refractivity contribution in [3.05, 3.63) is 47.3 Å². The summed E-state index contributed by atoms with van der Waals surface area (Å²) in [6.07, 6.45) is -4.65. The van der Waals surface area contributed by atoms with Crippen molar-refractivity contribution in [2.24, 2.45) is 5.73 Å². The molecule has 2 rings (SSSR count). The van der Waals surface area contributed by atoms with Crippen LogP contribution in [0.1, 0.15) is 21.7 Å². The van der Waals surface area contributed by atoms with E-state index in [0.717, 1.165) is 11.8 Å². The fraction of sp³-hybridized carbons (Fsp3) is 0.231. The standard InChI is InChI=1S/C13H12F3N3O2/c1-21-12(20)10-6-11(13(14,15)16)18-19(10)9-4-2-3-8(5-9)7-17/h2-6H,7,17H2,1H3. The molecule has 1 aromatic carbocycles. The molecule has 112 valence electrons. The van der Waals surface area contributed by atoms with Gasteiger partial charge in [-0.15, -0.1) is 0 Å². The highest BCUT2D eigenvalue weighted by atomic mass is 19.4. The van der Waals surface area contributed by atoms with Crippen LogP contribution in [-0.4, -0.2) is 22.9 Å². The Morgan fingerprint density at radius 2 is 2.10 bits per heavy atom. The second-order valence-electron chi connectivity index (χ2n) is 4.19. The number of rotatable bonds is 3. The molecular formula is C13H12F3N3O2. The van der Waals surface area contributed by atoms with E-state index in [-0.39, 0.29) is 12.2 Å². The highest BCUT2D eigenvalue weighted by Crippen LogP contribution is 2.29. The minimum Gasteiger partial charge on any atom is -0.464 e. The lowest BCUT2D eigenvalue weighted by Gasteiger charge is -2.07. The number of methoxy groups -OCH3 is 1. The largest absolute Gasteiger partial charge is 0.464 e. The Morgan fingerprint density at radius 1 is 1.38 bits per heavy atom. The molecule has 2 N–H and O–H groups in total. The number of nitrogens with zero attached hydrogens (tertiary/aromatic N) is 2. The average molecular weight is 299 g/mol. The van der Waals surface area contributed by atoms with E-state index in [2.05, 4.69) is 9.84 Å². The van der Waals surface area contributed by atoms with Gasteiger partial charge < -0.3 is 10.5 Å². The summed E-state index contributed by atoms with van der Waals surface area (Å²) in [6.45, 7) is 0.217. The molecule has 0 aliphatic carbocycles. The molecule has 0 radical (unpaired) electrons. The van der Waals surface area contributed by atoms with Gasteiger partial charge in [0, 0.05) is 12.6 Å². The smallest absolute Gasteiger partial charge is 0.435 e. The molecule has 0 atom stereocenters. The van der Waals surface area contributed by atoms with E-state index >= 15 is 0 Å². The molecule has 0 unspecified atom stereocenters. The predicted octanol–water partition coefficient (Wildman–Crippen LogP) is 2.14. The SMILES string of the molecule is COC(=O)c1cc(C(F)(F)F)nn1-c1cccc(CN)c1. The Hall–Kier alpha value is -2.35. The van der Waals surface area contributed by atoms with Crippen molar-refractivity contribution in [2.75, 3.05) is 7.11 Å². The van der Waals surface area contributed by atoms with Crippen LogP contribution in [0.3, 0.4) is 0 Å². The Bertz CT molecular complexity index is 665. The number of alkyl halides is 3. The van der Waals surface area contributed by atoms with Gasteiger partial charge in [0.15, 0.2) is 11.4 Å². The van der Waals surface area contributed by atoms with Crippen molar-refractivity contribution in [3.63, 3.8) is 0 Å². The van der Waals surface area contributed by atoms with Crippen LogP contribution in [0.15, 0.2) is 30.3 Å². The number of ether oxygens (including phenoxy) is 1. The third kappa shape index (κ3) is 3.05. The molecule has 1 aromatic heterocycles. The maximum Gasteiger partial charge on any atom is 0.435 e. The molecule has 0 amide bonds. The first kappa shape index (κ1) is 15.0. The van der Waals surface area contributed by atoms with Crippen LogP contribution in [0.5, 0.6) is 0 Å². The lowest BCUT2D eigenvalue weighted by Crippen LogP contribution is -2.11. The normalized spacial score (nSPS) is 11.5. The third-order valence-corrected chi connectivity index (χ3v) is 2.79. The second kappa shape index (κ2) is 5.57. The van der Waals surface area contributed by atoms with Crippen molar-refractivity contribution >= 4 is 5.97 Å². The van der Waals surface area contributed by atoms with E-state index in [1.807, 2.05) is 0 Å².